The van der Waals surface area contributed by atoms with E-state index < -0.39 is 34.2 Å². The third-order valence-corrected chi connectivity index (χ3v) is 9.79. The van der Waals surface area contributed by atoms with Crippen molar-refractivity contribution in [2.75, 3.05) is 12.3 Å². The van der Waals surface area contributed by atoms with Gasteiger partial charge in [0.25, 0.3) is 10.1 Å². The van der Waals surface area contributed by atoms with E-state index in [2.05, 4.69) is 15.0 Å². The number of imidazole rings is 1. The van der Waals surface area contributed by atoms with Crippen molar-refractivity contribution in [2.24, 2.45) is 0 Å². The lowest BCUT2D eigenvalue weighted by molar-refractivity contribution is -0.0897. The molecule has 0 saturated carbocycles. The molecule has 3 heterocycles. The Morgan fingerprint density at radius 1 is 0.830 bits per heavy atom. The van der Waals surface area contributed by atoms with Crippen LogP contribution in [0.15, 0.2) is 133 Å². The van der Waals surface area contributed by atoms with Crippen molar-refractivity contribution in [2.45, 2.75) is 42.3 Å². The second-order valence-electron chi connectivity index (χ2n) is 11.4. The average molecular weight is 648 g/mol. The Balaban J connectivity index is 1.28. The lowest BCUT2D eigenvalue weighted by Crippen LogP contribution is -2.39. The Hall–Kier alpha value is -4.94. The van der Waals surface area contributed by atoms with Crippen molar-refractivity contribution in [3.8, 4) is 0 Å². The molecule has 1 fully saturated rings. The minimum Gasteiger partial charge on any atom is -0.382 e. The van der Waals surface area contributed by atoms with E-state index >= 15 is 0 Å². The van der Waals surface area contributed by atoms with E-state index in [1.54, 1.807) is 23.0 Å². The van der Waals surface area contributed by atoms with Crippen LogP contribution in [0.2, 0.25) is 0 Å². The van der Waals surface area contributed by atoms with E-state index in [1.165, 1.54) is 18.5 Å². The summed E-state index contributed by atoms with van der Waals surface area (Å²) in [5, 5.41) is 0. The van der Waals surface area contributed by atoms with Crippen molar-refractivity contribution in [1.29, 1.82) is 0 Å². The third-order valence-electron chi connectivity index (χ3n) is 8.44. The van der Waals surface area contributed by atoms with Crippen LogP contribution in [-0.4, -0.2) is 46.8 Å². The van der Waals surface area contributed by atoms with Crippen LogP contribution in [-0.2, 0) is 29.4 Å². The standard InChI is InChI=1S/C36H33N5O5S/c1-25-17-19-29(20-18-25)47(42,43)46-30-21-32(41-24-40-33-34(37)38-23-39-35(33)41)45-31(30)22-44-36(26-11-5-2-6-12-26,27-13-7-3-8-14-27)28-15-9-4-10-16-28/h2-20,23-24,30-32H,21-22H2,1H3,(H2,37,38,39). The first-order valence-electron chi connectivity index (χ1n) is 15.2. The third kappa shape index (κ3) is 5.90. The van der Waals surface area contributed by atoms with Crippen LogP contribution < -0.4 is 5.73 Å². The molecule has 10 nitrogen and oxygen atoms in total. The minimum absolute atomic E-state index is 0.00692. The zero-order valence-electron chi connectivity index (χ0n) is 25.6. The van der Waals surface area contributed by atoms with Gasteiger partial charge in [-0.1, -0.05) is 109 Å². The molecule has 3 atom stereocenters. The number of benzene rings is 4. The molecule has 0 spiro atoms. The Labute approximate surface area is 272 Å². The lowest BCUT2D eigenvalue weighted by Gasteiger charge is -2.37. The van der Waals surface area contributed by atoms with Crippen molar-refractivity contribution in [1.82, 2.24) is 19.5 Å². The molecule has 7 rings (SSSR count). The zero-order valence-corrected chi connectivity index (χ0v) is 26.4. The zero-order chi connectivity index (χ0) is 32.4. The van der Waals surface area contributed by atoms with Crippen molar-refractivity contribution in [3.63, 3.8) is 0 Å². The van der Waals surface area contributed by atoms with Gasteiger partial charge in [0, 0.05) is 6.42 Å². The lowest BCUT2D eigenvalue weighted by atomic mass is 9.80. The van der Waals surface area contributed by atoms with Crippen LogP contribution in [0.4, 0.5) is 5.82 Å². The number of anilines is 1. The summed E-state index contributed by atoms with van der Waals surface area (Å²) in [6.07, 6.45) is 0.742. The molecule has 0 radical (unpaired) electrons. The maximum Gasteiger partial charge on any atom is 0.297 e. The van der Waals surface area contributed by atoms with E-state index in [9.17, 15) is 8.42 Å². The summed E-state index contributed by atoms with van der Waals surface area (Å²) in [4.78, 5) is 12.9. The van der Waals surface area contributed by atoms with Crippen LogP contribution in [0.5, 0.6) is 0 Å². The smallest absolute Gasteiger partial charge is 0.297 e. The van der Waals surface area contributed by atoms with Crippen molar-refractivity contribution < 1.29 is 22.1 Å². The highest BCUT2D eigenvalue weighted by molar-refractivity contribution is 7.86. The number of hydrogen-bond donors (Lipinski definition) is 1. The maximum atomic E-state index is 13.6. The highest BCUT2D eigenvalue weighted by Crippen LogP contribution is 2.42. The summed E-state index contributed by atoms with van der Waals surface area (Å²) in [5.74, 6) is 0.236. The minimum atomic E-state index is -4.15. The molecular formula is C36H33N5O5S. The molecule has 3 unspecified atom stereocenters. The predicted molar refractivity (Wildman–Crippen MR) is 177 cm³/mol. The summed E-state index contributed by atoms with van der Waals surface area (Å²) >= 11 is 0. The highest BCUT2D eigenvalue weighted by Gasteiger charge is 2.44. The molecular weight excluding hydrogens is 614 g/mol. The van der Waals surface area contributed by atoms with Gasteiger partial charge in [0.05, 0.1) is 17.8 Å². The average Bonchev–Trinajstić information content (AvgIpc) is 3.71. The molecule has 1 aliphatic rings. The molecule has 2 N–H and O–H groups in total. The SMILES string of the molecule is Cc1ccc(S(=O)(=O)OC2CC(n3cnc4c(N)ncnc43)OC2COC(c2ccccc2)(c2ccccc2)c2ccccc2)cc1. The number of fused-ring (bicyclic) bond motifs is 1. The normalized spacial score (nSPS) is 18.4. The number of ether oxygens (including phenoxy) is 2. The number of nitrogens with two attached hydrogens (primary N) is 1. The summed E-state index contributed by atoms with van der Waals surface area (Å²) in [6, 6.07) is 36.4. The Morgan fingerprint density at radius 2 is 1.40 bits per heavy atom. The number of rotatable bonds is 10. The van der Waals surface area contributed by atoms with Gasteiger partial charge in [-0.2, -0.15) is 8.42 Å². The van der Waals surface area contributed by atoms with Crippen LogP contribution in [0.1, 0.15) is 34.9 Å². The number of nitrogen functional groups attached to an aromatic ring is 1. The quantitative estimate of drug-likeness (QED) is 0.145. The van der Waals surface area contributed by atoms with Crippen LogP contribution in [0.25, 0.3) is 11.2 Å². The largest absolute Gasteiger partial charge is 0.382 e. The Bertz CT molecular complexity index is 1980. The molecule has 1 aliphatic heterocycles. The van der Waals surface area contributed by atoms with Gasteiger partial charge in [-0.15, -0.1) is 0 Å². The molecule has 2 aromatic heterocycles. The number of nitrogens with zero attached hydrogens (tertiary/aromatic N) is 4. The van der Waals surface area contributed by atoms with E-state index in [0.29, 0.717) is 11.2 Å². The van der Waals surface area contributed by atoms with Gasteiger partial charge in [-0.25, -0.2) is 15.0 Å². The van der Waals surface area contributed by atoms with Gasteiger partial charge < -0.3 is 15.2 Å². The predicted octanol–water partition coefficient (Wildman–Crippen LogP) is 5.79. The summed E-state index contributed by atoms with van der Waals surface area (Å²) in [5.41, 5.74) is 9.56. The van der Waals surface area contributed by atoms with Gasteiger partial charge in [0.15, 0.2) is 11.5 Å². The molecule has 0 bridgehead atoms. The van der Waals surface area contributed by atoms with Gasteiger partial charge >= 0.3 is 0 Å². The molecule has 6 aromatic rings. The number of aromatic nitrogens is 4. The Kier molecular flexibility index (Phi) is 8.29. The fourth-order valence-corrected chi connectivity index (χ4v) is 7.21. The van der Waals surface area contributed by atoms with E-state index in [4.69, 9.17) is 19.4 Å². The topological polar surface area (TPSA) is 131 Å². The first-order chi connectivity index (χ1) is 22.8. The Morgan fingerprint density at radius 3 is 1.98 bits per heavy atom. The number of aryl methyl sites for hydroxylation is 1. The van der Waals surface area contributed by atoms with Crippen molar-refractivity contribution in [3.05, 3.63) is 150 Å². The fraction of sp³-hybridized carbons (Fsp3) is 0.194. The molecule has 4 aromatic carbocycles. The molecule has 11 heteroatoms. The monoisotopic (exact) mass is 647 g/mol. The van der Waals surface area contributed by atoms with E-state index in [0.717, 1.165) is 22.3 Å². The maximum absolute atomic E-state index is 13.6. The summed E-state index contributed by atoms with van der Waals surface area (Å²) in [7, 11) is -4.15. The number of hydrogen-bond acceptors (Lipinski definition) is 9. The van der Waals surface area contributed by atoms with E-state index in [1.807, 2.05) is 97.9 Å². The van der Waals surface area contributed by atoms with Gasteiger partial charge in [-0.3, -0.25) is 8.75 Å². The van der Waals surface area contributed by atoms with Gasteiger partial charge in [-0.05, 0) is 35.7 Å². The molecule has 0 amide bonds. The van der Waals surface area contributed by atoms with E-state index in [-0.39, 0.29) is 23.7 Å². The van der Waals surface area contributed by atoms with Gasteiger partial charge in [0.2, 0.25) is 0 Å². The van der Waals surface area contributed by atoms with Crippen LogP contribution in [0.3, 0.4) is 0 Å². The highest BCUT2D eigenvalue weighted by atomic mass is 32.2. The second-order valence-corrected chi connectivity index (χ2v) is 13.0. The summed E-state index contributed by atoms with van der Waals surface area (Å²) < 4.78 is 48.5. The summed E-state index contributed by atoms with van der Waals surface area (Å²) in [6.45, 7) is 1.89. The van der Waals surface area contributed by atoms with Crippen LogP contribution >= 0.6 is 0 Å². The van der Waals surface area contributed by atoms with Crippen molar-refractivity contribution >= 4 is 27.1 Å². The fourth-order valence-electron chi connectivity index (χ4n) is 6.10. The molecule has 1 saturated heterocycles. The first-order valence-corrected chi connectivity index (χ1v) is 16.6. The van der Waals surface area contributed by atoms with Gasteiger partial charge in [0.1, 0.15) is 35.9 Å². The second kappa shape index (κ2) is 12.7. The first kappa shape index (κ1) is 30.7. The molecule has 47 heavy (non-hydrogen) atoms. The molecule has 0 aliphatic carbocycles. The molecule has 238 valence electrons. The van der Waals surface area contributed by atoms with Crippen LogP contribution in [0, 0.1) is 6.92 Å².